The standard InChI is InChI=1S/C11H18N2O/c1-3-12-11(9-14-4-2)10-7-5-6-8-13-10/h5-8,11-12H,3-4,9H2,1-2H3. The van der Waals surface area contributed by atoms with Crippen LogP contribution in [0.25, 0.3) is 0 Å². The first kappa shape index (κ1) is 11.1. The molecule has 1 aromatic rings. The van der Waals surface area contributed by atoms with Gasteiger partial charge in [0, 0.05) is 12.8 Å². The second-order valence-corrected chi connectivity index (χ2v) is 3.02. The fourth-order valence-corrected chi connectivity index (χ4v) is 1.31. The molecular weight excluding hydrogens is 176 g/mol. The van der Waals surface area contributed by atoms with Crippen LogP contribution >= 0.6 is 0 Å². The number of nitrogens with one attached hydrogen (secondary N) is 1. The van der Waals surface area contributed by atoms with E-state index in [0.717, 1.165) is 18.8 Å². The summed E-state index contributed by atoms with van der Waals surface area (Å²) in [7, 11) is 0. The number of pyridine rings is 1. The van der Waals surface area contributed by atoms with Crippen molar-refractivity contribution in [1.29, 1.82) is 0 Å². The van der Waals surface area contributed by atoms with E-state index in [0.29, 0.717) is 6.61 Å². The Bertz CT molecular complexity index is 238. The molecule has 0 bridgehead atoms. The quantitative estimate of drug-likeness (QED) is 0.749. The van der Waals surface area contributed by atoms with Gasteiger partial charge in [0.05, 0.1) is 18.3 Å². The highest BCUT2D eigenvalue weighted by Crippen LogP contribution is 2.09. The summed E-state index contributed by atoms with van der Waals surface area (Å²) in [5.41, 5.74) is 1.04. The van der Waals surface area contributed by atoms with Crippen LogP contribution in [0, 0.1) is 0 Å². The van der Waals surface area contributed by atoms with Crippen LogP contribution in [0.4, 0.5) is 0 Å². The van der Waals surface area contributed by atoms with Crippen molar-refractivity contribution in [3.8, 4) is 0 Å². The minimum absolute atomic E-state index is 0.209. The van der Waals surface area contributed by atoms with Crippen LogP contribution in [0.5, 0.6) is 0 Å². The van der Waals surface area contributed by atoms with Gasteiger partial charge in [-0.3, -0.25) is 4.98 Å². The van der Waals surface area contributed by atoms with Gasteiger partial charge in [0.2, 0.25) is 0 Å². The van der Waals surface area contributed by atoms with E-state index in [1.165, 1.54) is 0 Å². The van der Waals surface area contributed by atoms with E-state index in [1.54, 1.807) is 0 Å². The second-order valence-electron chi connectivity index (χ2n) is 3.02. The molecule has 1 atom stereocenters. The average molecular weight is 194 g/mol. The molecule has 3 nitrogen and oxygen atoms in total. The summed E-state index contributed by atoms with van der Waals surface area (Å²) in [5.74, 6) is 0. The van der Waals surface area contributed by atoms with Gasteiger partial charge in [-0.05, 0) is 25.6 Å². The van der Waals surface area contributed by atoms with Crippen LogP contribution < -0.4 is 5.32 Å². The molecule has 0 saturated heterocycles. The molecular formula is C11H18N2O. The van der Waals surface area contributed by atoms with E-state index in [-0.39, 0.29) is 6.04 Å². The van der Waals surface area contributed by atoms with Gasteiger partial charge < -0.3 is 10.1 Å². The number of ether oxygens (including phenoxy) is 1. The molecule has 0 fully saturated rings. The van der Waals surface area contributed by atoms with E-state index in [1.807, 2.05) is 31.3 Å². The van der Waals surface area contributed by atoms with Crippen molar-refractivity contribution in [1.82, 2.24) is 10.3 Å². The third-order valence-electron chi connectivity index (χ3n) is 1.98. The highest BCUT2D eigenvalue weighted by atomic mass is 16.5. The van der Waals surface area contributed by atoms with Crippen molar-refractivity contribution in [2.75, 3.05) is 19.8 Å². The summed E-state index contributed by atoms with van der Waals surface area (Å²) < 4.78 is 5.40. The molecule has 0 saturated carbocycles. The Labute approximate surface area is 85.5 Å². The van der Waals surface area contributed by atoms with E-state index >= 15 is 0 Å². The topological polar surface area (TPSA) is 34.1 Å². The summed E-state index contributed by atoms with van der Waals surface area (Å²) in [6.07, 6.45) is 1.81. The number of nitrogens with zero attached hydrogens (tertiary/aromatic N) is 1. The predicted octanol–water partition coefficient (Wildman–Crippen LogP) is 1.77. The first-order valence-corrected chi connectivity index (χ1v) is 5.10. The lowest BCUT2D eigenvalue weighted by Crippen LogP contribution is -2.26. The zero-order valence-corrected chi connectivity index (χ0v) is 8.86. The van der Waals surface area contributed by atoms with Crippen molar-refractivity contribution in [2.24, 2.45) is 0 Å². The van der Waals surface area contributed by atoms with Gasteiger partial charge in [-0.15, -0.1) is 0 Å². The number of hydrogen-bond acceptors (Lipinski definition) is 3. The molecule has 1 unspecified atom stereocenters. The molecule has 1 rings (SSSR count). The lowest BCUT2D eigenvalue weighted by Gasteiger charge is -2.16. The molecule has 1 aromatic heterocycles. The maximum absolute atomic E-state index is 5.40. The Morgan fingerprint density at radius 3 is 2.86 bits per heavy atom. The van der Waals surface area contributed by atoms with Crippen molar-refractivity contribution in [2.45, 2.75) is 19.9 Å². The lowest BCUT2D eigenvalue weighted by atomic mass is 10.2. The summed E-state index contributed by atoms with van der Waals surface area (Å²) in [5, 5.41) is 3.35. The lowest BCUT2D eigenvalue weighted by molar-refractivity contribution is 0.122. The molecule has 0 aliphatic rings. The predicted molar refractivity (Wildman–Crippen MR) is 57.1 cm³/mol. The monoisotopic (exact) mass is 194 g/mol. The summed E-state index contributed by atoms with van der Waals surface area (Å²) in [6.45, 7) is 6.44. The Hall–Kier alpha value is -0.930. The summed E-state index contributed by atoms with van der Waals surface area (Å²) >= 11 is 0. The van der Waals surface area contributed by atoms with Crippen LogP contribution in [-0.2, 0) is 4.74 Å². The van der Waals surface area contributed by atoms with Crippen molar-refractivity contribution >= 4 is 0 Å². The number of aromatic nitrogens is 1. The van der Waals surface area contributed by atoms with Gasteiger partial charge in [-0.25, -0.2) is 0 Å². The molecule has 0 spiro atoms. The summed E-state index contributed by atoms with van der Waals surface area (Å²) in [4.78, 5) is 4.31. The second kappa shape index (κ2) is 6.51. The van der Waals surface area contributed by atoms with E-state index in [9.17, 15) is 0 Å². The van der Waals surface area contributed by atoms with Crippen molar-refractivity contribution in [3.63, 3.8) is 0 Å². The molecule has 1 N–H and O–H groups in total. The maximum Gasteiger partial charge on any atom is 0.0732 e. The Kier molecular flexibility index (Phi) is 5.19. The fourth-order valence-electron chi connectivity index (χ4n) is 1.31. The van der Waals surface area contributed by atoms with E-state index in [2.05, 4.69) is 17.2 Å². The minimum Gasteiger partial charge on any atom is -0.380 e. The van der Waals surface area contributed by atoms with E-state index in [4.69, 9.17) is 4.74 Å². The molecule has 1 heterocycles. The molecule has 78 valence electrons. The molecule has 0 radical (unpaired) electrons. The fraction of sp³-hybridized carbons (Fsp3) is 0.545. The highest BCUT2D eigenvalue weighted by molar-refractivity contribution is 5.08. The normalized spacial score (nSPS) is 12.7. The van der Waals surface area contributed by atoms with Gasteiger partial charge in [0.15, 0.2) is 0 Å². The zero-order valence-electron chi connectivity index (χ0n) is 8.86. The van der Waals surface area contributed by atoms with Gasteiger partial charge in [-0.2, -0.15) is 0 Å². The van der Waals surface area contributed by atoms with Crippen LogP contribution in [-0.4, -0.2) is 24.7 Å². The molecule has 0 aliphatic heterocycles. The number of likely N-dealkylation sites (N-methyl/N-ethyl adjacent to an activating group) is 1. The average Bonchev–Trinajstić information content (AvgIpc) is 2.25. The molecule has 0 aliphatic carbocycles. The van der Waals surface area contributed by atoms with Crippen LogP contribution in [0.15, 0.2) is 24.4 Å². The minimum atomic E-state index is 0.209. The van der Waals surface area contributed by atoms with E-state index < -0.39 is 0 Å². The zero-order chi connectivity index (χ0) is 10.2. The van der Waals surface area contributed by atoms with Crippen LogP contribution in [0.1, 0.15) is 25.6 Å². The third-order valence-corrected chi connectivity index (χ3v) is 1.98. The van der Waals surface area contributed by atoms with Crippen molar-refractivity contribution in [3.05, 3.63) is 30.1 Å². The van der Waals surface area contributed by atoms with Gasteiger partial charge in [0.1, 0.15) is 0 Å². The Morgan fingerprint density at radius 1 is 1.43 bits per heavy atom. The number of hydrogen-bond donors (Lipinski definition) is 1. The van der Waals surface area contributed by atoms with Crippen LogP contribution in [0.2, 0.25) is 0 Å². The highest BCUT2D eigenvalue weighted by Gasteiger charge is 2.10. The van der Waals surface area contributed by atoms with Gasteiger partial charge >= 0.3 is 0 Å². The third kappa shape index (κ3) is 3.44. The smallest absolute Gasteiger partial charge is 0.0732 e. The molecule has 3 heteroatoms. The van der Waals surface area contributed by atoms with Gasteiger partial charge in [0.25, 0.3) is 0 Å². The van der Waals surface area contributed by atoms with Gasteiger partial charge in [-0.1, -0.05) is 13.0 Å². The summed E-state index contributed by atoms with van der Waals surface area (Å²) in [6, 6.07) is 6.15. The van der Waals surface area contributed by atoms with Crippen molar-refractivity contribution < 1.29 is 4.74 Å². The van der Waals surface area contributed by atoms with Crippen LogP contribution in [0.3, 0.4) is 0 Å². The molecule has 14 heavy (non-hydrogen) atoms. The first-order chi connectivity index (χ1) is 6.88. The maximum atomic E-state index is 5.40. The Balaban J connectivity index is 2.58. The molecule has 0 aromatic carbocycles. The largest absolute Gasteiger partial charge is 0.380 e. The first-order valence-electron chi connectivity index (χ1n) is 5.10. The number of rotatable bonds is 6. The Morgan fingerprint density at radius 2 is 2.29 bits per heavy atom. The molecule has 0 amide bonds. The SMILES string of the molecule is CCNC(COCC)c1ccccn1.